The van der Waals surface area contributed by atoms with Gasteiger partial charge in [0.2, 0.25) is 5.88 Å². The van der Waals surface area contributed by atoms with E-state index in [-0.39, 0.29) is 11.6 Å². The Kier molecular flexibility index (Phi) is 9.55. The van der Waals surface area contributed by atoms with Gasteiger partial charge in [-0.25, -0.2) is 4.98 Å². The van der Waals surface area contributed by atoms with Gasteiger partial charge in [0.25, 0.3) is 11.8 Å². The van der Waals surface area contributed by atoms with Crippen LogP contribution in [0.2, 0.25) is 5.02 Å². The molecule has 48 heavy (non-hydrogen) atoms. The molecule has 0 bridgehead atoms. The zero-order valence-corrected chi connectivity index (χ0v) is 27.8. The Labute approximate surface area is 283 Å². The second-order valence-corrected chi connectivity index (χ2v) is 11.7. The highest BCUT2D eigenvalue weighted by molar-refractivity contribution is 6.36. The second kappa shape index (κ2) is 14.1. The van der Waals surface area contributed by atoms with E-state index in [0.717, 1.165) is 47.7 Å². The molecule has 0 saturated carbocycles. The third-order valence-electron chi connectivity index (χ3n) is 8.16. The third kappa shape index (κ3) is 6.94. The van der Waals surface area contributed by atoms with Gasteiger partial charge in [-0.1, -0.05) is 35.9 Å². The quantitative estimate of drug-likeness (QED) is 0.167. The number of ether oxygens (including phenoxy) is 2. The van der Waals surface area contributed by atoms with Crippen molar-refractivity contribution in [3.63, 3.8) is 0 Å². The summed E-state index contributed by atoms with van der Waals surface area (Å²) in [5.74, 6) is 0.282. The molecule has 0 spiro atoms. The van der Waals surface area contributed by atoms with Crippen molar-refractivity contribution >= 4 is 40.5 Å². The largest absolute Gasteiger partial charge is 0.496 e. The first-order valence-corrected chi connectivity index (χ1v) is 15.6. The minimum Gasteiger partial charge on any atom is -0.496 e. The molecule has 2 aromatic carbocycles. The number of rotatable bonds is 10. The van der Waals surface area contributed by atoms with Gasteiger partial charge in [0, 0.05) is 66.7 Å². The lowest BCUT2D eigenvalue weighted by molar-refractivity contribution is 0.101. The molecule has 3 N–H and O–H groups in total. The fourth-order valence-corrected chi connectivity index (χ4v) is 5.80. The third-order valence-corrected chi connectivity index (χ3v) is 8.57. The molecule has 3 aromatic heterocycles. The highest BCUT2D eigenvalue weighted by Crippen LogP contribution is 2.37. The highest BCUT2D eigenvalue weighted by atomic mass is 35.5. The minimum absolute atomic E-state index is 0.196. The maximum absolute atomic E-state index is 13.4. The predicted octanol–water partition coefficient (Wildman–Crippen LogP) is 5.88. The number of likely N-dealkylation sites (N-methyl/N-ethyl adjacent to an activating group) is 1. The molecule has 246 valence electrons. The van der Waals surface area contributed by atoms with Gasteiger partial charge >= 0.3 is 0 Å². The van der Waals surface area contributed by atoms with Gasteiger partial charge in [-0.15, -0.1) is 0 Å². The first-order valence-electron chi connectivity index (χ1n) is 15.3. The summed E-state index contributed by atoms with van der Waals surface area (Å²) < 4.78 is 12.6. The molecule has 6 rings (SSSR count). The number of fused-ring (bicyclic) bond motifs is 1. The number of halogens is 1. The van der Waals surface area contributed by atoms with E-state index in [0.29, 0.717) is 45.8 Å². The first-order chi connectivity index (χ1) is 23.2. The van der Waals surface area contributed by atoms with Gasteiger partial charge in [0.1, 0.15) is 11.4 Å². The standard InChI is InChI=1S/C35H35ClN8O4/c1-21-25(26-8-6-10-28(33(26)36)41-35(46)30-16-24-20-43(2)13-14-44(24)42-30)7-5-9-27(21)40-34(45)29-17-31(47-3)22(19-39-29)18-38-23-11-12-37-32(15-23)48-4/h5-12,15-17,19H,13-14,18,20H2,1-4H3,(H,37,38)(H,40,45)(H,41,46). The predicted molar refractivity (Wildman–Crippen MR) is 185 cm³/mol. The molecule has 0 saturated heterocycles. The van der Waals surface area contributed by atoms with Crippen LogP contribution in [-0.4, -0.2) is 64.3 Å². The maximum atomic E-state index is 13.4. The summed E-state index contributed by atoms with van der Waals surface area (Å²) in [5.41, 5.74) is 6.47. The van der Waals surface area contributed by atoms with Crippen molar-refractivity contribution in [3.05, 3.63) is 106 Å². The molecular weight excluding hydrogens is 632 g/mol. The van der Waals surface area contributed by atoms with Crippen LogP contribution in [0.1, 0.15) is 37.8 Å². The maximum Gasteiger partial charge on any atom is 0.276 e. The summed E-state index contributed by atoms with van der Waals surface area (Å²) in [7, 11) is 5.15. The molecule has 0 radical (unpaired) electrons. The van der Waals surface area contributed by atoms with Gasteiger partial charge in [0.15, 0.2) is 5.69 Å². The number of anilines is 3. The van der Waals surface area contributed by atoms with Gasteiger partial charge in [-0.05, 0) is 49.4 Å². The average molecular weight is 667 g/mol. The number of pyridine rings is 2. The molecule has 0 atom stereocenters. The molecule has 1 aliphatic rings. The Balaban J connectivity index is 1.17. The van der Waals surface area contributed by atoms with E-state index >= 15 is 0 Å². The van der Waals surface area contributed by atoms with Crippen LogP contribution in [0.3, 0.4) is 0 Å². The lowest BCUT2D eigenvalue weighted by atomic mass is 9.98. The minimum atomic E-state index is -0.395. The number of hydrogen-bond donors (Lipinski definition) is 3. The van der Waals surface area contributed by atoms with Gasteiger partial charge in [-0.2, -0.15) is 5.10 Å². The number of benzene rings is 2. The lowest BCUT2D eigenvalue weighted by Crippen LogP contribution is -2.30. The summed E-state index contributed by atoms with van der Waals surface area (Å²) in [6.07, 6.45) is 3.26. The molecule has 1 aliphatic heterocycles. The summed E-state index contributed by atoms with van der Waals surface area (Å²) in [6, 6.07) is 18.0. The van der Waals surface area contributed by atoms with Gasteiger partial charge in [0.05, 0.1) is 37.2 Å². The van der Waals surface area contributed by atoms with Crippen LogP contribution in [0.25, 0.3) is 11.1 Å². The van der Waals surface area contributed by atoms with Crippen LogP contribution in [0.5, 0.6) is 11.6 Å². The van der Waals surface area contributed by atoms with Crippen molar-refractivity contribution in [2.45, 2.75) is 26.6 Å². The van der Waals surface area contributed by atoms with E-state index < -0.39 is 5.91 Å². The smallest absolute Gasteiger partial charge is 0.276 e. The number of nitrogens with zero attached hydrogens (tertiary/aromatic N) is 5. The molecule has 4 heterocycles. The fourth-order valence-electron chi connectivity index (χ4n) is 5.52. The summed E-state index contributed by atoms with van der Waals surface area (Å²) >= 11 is 6.88. The molecule has 2 amide bonds. The van der Waals surface area contributed by atoms with Crippen LogP contribution in [0.4, 0.5) is 17.1 Å². The number of hydrogen-bond acceptors (Lipinski definition) is 9. The van der Waals surface area contributed by atoms with Crippen molar-refractivity contribution in [2.75, 3.05) is 43.8 Å². The Morgan fingerprint density at radius 2 is 1.65 bits per heavy atom. The first kappa shape index (κ1) is 32.5. The van der Waals surface area contributed by atoms with E-state index in [2.05, 4.69) is 35.9 Å². The average Bonchev–Trinajstić information content (AvgIpc) is 3.53. The van der Waals surface area contributed by atoms with Crippen molar-refractivity contribution in [1.29, 1.82) is 0 Å². The molecule has 0 fully saturated rings. The number of amides is 2. The highest BCUT2D eigenvalue weighted by Gasteiger charge is 2.21. The van der Waals surface area contributed by atoms with E-state index in [1.807, 2.05) is 61.1 Å². The molecule has 5 aromatic rings. The second-order valence-electron chi connectivity index (χ2n) is 11.4. The number of carbonyl (C=O) groups is 2. The van der Waals surface area contributed by atoms with Crippen LogP contribution in [0.15, 0.2) is 73.1 Å². The van der Waals surface area contributed by atoms with Gasteiger partial charge < -0.3 is 25.4 Å². The number of carbonyl (C=O) groups excluding carboxylic acids is 2. The van der Waals surface area contributed by atoms with Crippen molar-refractivity contribution in [1.82, 2.24) is 24.6 Å². The van der Waals surface area contributed by atoms with Gasteiger partial charge in [-0.3, -0.25) is 24.2 Å². The van der Waals surface area contributed by atoms with Crippen LogP contribution < -0.4 is 25.4 Å². The molecule has 12 nitrogen and oxygen atoms in total. The fraction of sp³-hybridized carbons (Fsp3) is 0.229. The molecular formula is C35H35ClN8O4. The zero-order valence-electron chi connectivity index (χ0n) is 27.0. The van der Waals surface area contributed by atoms with Crippen LogP contribution >= 0.6 is 11.6 Å². The number of methoxy groups -OCH3 is 2. The van der Waals surface area contributed by atoms with E-state index in [1.54, 1.807) is 44.8 Å². The lowest BCUT2D eigenvalue weighted by Gasteiger charge is -2.22. The summed E-state index contributed by atoms with van der Waals surface area (Å²) in [4.78, 5) is 37.2. The van der Waals surface area contributed by atoms with Crippen molar-refractivity contribution in [3.8, 4) is 22.8 Å². The number of nitrogens with one attached hydrogen (secondary N) is 3. The Morgan fingerprint density at radius 3 is 2.44 bits per heavy atom. The normalized spacial score (nSPS) is 12.6. The number of aromatic nitrogens is 4. The van der Waals surface area contributed by atoms with E-state index in [1.165, 1.54) is 0 Å². The molecule has 13 heteroatoms. The molecule has 0 unspecified atom stereocenters. The Hall–Kier alpha value is -5.46. The van der Waals surface area contributed by atoms with E-state index in [4.69, 9.17) is 21.1 Å². The van der Waals surface area contributed by atoms with E-state index in [9.17, 15) is 9.59 Å². The van der Waals surface area contributed by atoms with Crippen LogP contribution in [0, 0.1) is 6.92 Å². The van der Waals surface area contributed by atoms with Crippen LogP contribution in [-0.2, 0) is 19.6 Å². The topological polar surface area (TPSA) is 136 Å². The molecule has 0 aliphatic carbocycles. The Morgan fingerprint density at radius 1 is 0.896 bits per heavy atom. The monoisotopic (exact) mass is 666 g/mol. The Bertz CT molecular complexity index is 2000. The summed E-state index contributed by atoms with van der Waals surface area (Å²) in [6.45, 7) is 4.65. The summed E-state index contributed by atoms with van der Waals surface area (Å²) in [5, 5.41) is 14.0. The SMILES string of the molecule is COc1cc(NCc2cnc(C(=O)Nc3cccc(-c4cccc(NC(=O)c5cc6n(n5)CCN(C)C6)c4Cl)c3C)cc2OC)ccn1. The van der Waals surface area contributed by atoms with Crippen molar-refractivity contribution < 1.29 is 19.1 Å². The zero-order chi connectivity index (χ0) is 33.8. The van der Waals surface area contributed by atoms with Crippen molar-refractivity contribution in [2.24, 2.45) is 0 Å².